The number of anilines is 1. The van der Waals surface area contributed by atoms with Gasteiger partial charge >= 0.3 is 0 Å². The first-order valence-electron chi connectivity index (χ1n) is 3.08. The summed E-state index contributed by atoms with van der Waals surface area (Å²) >= 11 is 6.75. The first-order valence-corrected chi connectivity index (χ1v) is 4.49. The highest BCUT2D eigenvalue weighted by molar-refractivity contribution is 7.13. The smallest absolute Gasteiger partial charge is 0.227 e. The number of carbonyl (C=O) groups excluding carboxylic acids is 1. The van der Waals surface area contributed by atoms with Crippen LogP contribution in [0.5, 0.6) is 0 Å². The number of hydrogen-bond acceptors (Lipinski definition) is 3. The van der Waals surface area contributed by atoms with E-state index in [1.54, 1.807) is 11.6 Å². The Balaban J connectivity index is 2.37. The predicted molar refractivity (Wildman–Crippen MR) is 46.1 cm³/mol. The van der Waals surface area contributed by atoms with E-state index in [4.69, 9.17) is 11.6 Å². The van der Waals surface area contributed by atoms with Crippen molar-refractivity contribution in [3.05, 3.63) is 11.6 Å². The number of amides is 1. The highest BCUT2D eigenvalue weighted by Crippen LogP contribution is 2.10. The summed E-state index contributed by atoms with van der Waals surface area (Å²) in [4.78, 5) is 14.8. The molecule has 0 aliphatic rings. The maximum Gasteiger partial charge on any atom is 0.227 e. The van der Waals surface area contributed by atoms with Crippen molar-refractivity contribution in [3.63, 3.8) is 0 Å². The fourth-order valence-corrected chi connectivity index (χ4v) is 1.27. The molecular weight excluding hydrogens is 184 g/mol. The van der Waals surface area contributed by atoms with Crippen molar-refractivity contribution in [1.29, 1.82) is 0 Å². The van der Waals surface area contributed by atoms with Crippen LogP contribution in [0.3, 0.4) is 0 Å². The fraction of sp³-hybridized carbons (Fsp3) is 0.333. The molecule has 0 saturated carbocycles. The van der Waals surface area contributed by atoms with Crippen molar-refractivity contribution in [1.82, 2.24) is 4.98 Å². The highest BCUT2D eigenvalue weighted by Gasteiger charge is 2.01. The molecule has 0 spiro atoms. The molecule has 0 atom stereocenters. The summed E-state index contributed by atoms with van der Waals surface area (Å²) in [6.07, 6.45) is 1.97. The minimum atomic E-state index is -0.0880. The zero-order valence-electron chi connectivity index (χ0n) is 5.71. The van der Waals surface area contributed by atoms with Crippen molar-refractivity contribution in [2.45, 2.75) is 6.42 Å². The molecule has 5 heteroatoms. The second-order valence-corrected chi connectivity index (χ2v) is 3.10. The number of alkyl halides is 1. The lowest BCUT2D eigenvalue weighted by Gasteiger charge is -1.96. The largest absolute Gasteiger partial charge is 0.302 e. The summed E-state index contributed by atoms with van der Waals surface area (Å²) in [7, 11) is 0. The molecule has 1 aromatic rings. The lowest BCUT2D eigenvalue weighted by atomic mass is 10.5. The van der Waals surface area contributed by atoms with Crippen LogP contribution in [0.1, 0.15) is 6.42 Å². The monoisotopic (exact) mass is 190 g/mol. The van der Waals surface area contributed by atoms with Gasteiger partial charge in [0, 0.05) is 23.9 Å². The topological polar surface area (TPSA) is 42.0 Å². The normalized spacial score (nSPS) is 9.55. The number of carbonyl (C=O) groups is 1. The Morgan fingerprint density at radius 2 is 2.64 bits per heavy atom. The Morgan fingerprint density at radius 3 is 3.18 bits per heavy atom. The second kappa shape index (κ2) is 4.31. The van der Waals surface area contributed by atoms with Crippen molar-refractivity contribution in [3.8, 4) is 0 Å². The third kappa shape index (κ3) is 2.86. The Kier molecular flexibility index (Phi) is 3.32. The standard InChI is InChI=1S/C6H7ClN2OS/c7-2-1-5(10)9-6-8-3-4-11-6/h3-4H,1-2H2,(H,8,9,10). The van der Waals surface area contributed by atoms with Crippen LogP contribution < -0.4 is 5.32 Å². The van der Waals surface area contributed by atoms with Gasteiger partial charge < -0.3 is 5.32 Å². The van der Waals surface area contributed by atoms with E-state index in [0.29, 0.717) is 17.4 Å². The number of thiazole rings is 1. The Bertz CT molecular complexity index is 224. The Labute approximate surface area is 73.4 Å². The van der Waals surface area contributed by atoms with Crippen molar-refractivity contribution < 1.29 is 4.79 Å². The van der Waals surface area contributed by atoms with E-state index in [0.717, 1.165) is 0 Å². The number of hydrogen-bond donors (Lipinski definition) is 1. The van der Waals surface area contributed by atoms with E-state index < -0.39 is 0 Å². The van der Waals surface area contributed by atoms with Crippen LogP contribution in [0.4, 0.5) is 5.13 Å². The van der Waals surface area contributed by atoms with Crippen LogP contribution in [-0.2, 0) is 4.79 Å². The molecule has 60 valence electrons. The quantitative estimate of drug-likeness (QED) is 0.738. The summed E-state index contributed by atoms with van der Waals surface area (Å²) < 4.78 is 0. The molecule has 0 saturated heterocycles. The molecule has 0 radical (unpaired) electrons. The van der Waals surface area contributed by atoms with Crippen molar-refractivity contribution >= 4 is 34.0 Å². The van der Waals surface area contributed by atoms with E-state index in [9.17, 15) is 4.79 Å². The Morgan fingerprint density at radius 1 is 1.82 bits per heavy atom. The van der Waals surface area contributed by atoms with Crippen LogP contribution in [0.15, 0.2) is 11.6 Å². The van der Waals surface area contributed by atoms with E-state index >= 15 is 0 Å². The third-order valence-electron chi connectivity index (χ3n) is 1.00. The number of aromatic nitrogens is 1. The molecule has 0 aliphatic carbocycles. The minimum absolute atomic E-state index is 0.0880. The average molecular weight is 191 g/mol. The molecular formula is C6H7ClN2OS. The third-order valence-corrected chi connectivity index (χ3v) is 1.88. The molecule has 0 aliphatic heterocycles. The molecule has 0 bridgehead atoms. The molecule has 1 rings (SSSR count). The van der Waals surface area contributed by atoms with Crippen molar-refractivity contribution in [2.75, 3.05) is 11.2 Å². The lowest BCUT2D eigenvalue weighted by Crippen LogP contribution is -2.11. The van der Waals surface area contributed by atoms with E-state index in [1.165, 1.54) is 11.3 Å². The molecule has 0 unspecified atom stereocenters. The molecule has 1 amide bonds. The van der Waals surface area contributed by atoms with Crippen LogP contribution in [-0.4, -0.2) is 16.8 Å². The van der Waals surface area contributed by atoms with Gasteiger partial charge in [-0.2, -0.15) is 0 Å². The molecule has 0 fully saturated rings. The zero-order valence-corrected chi connectivity index (χ0v) is 7.28. The number of rotatable bonds is 3. The van der Waals surface area contributed by atoms with E-state index in [-0.39, 0.29) is 5.91 Å². The average Bonchev–Trinajstić information content (AvgIpc) is 2.40. The molecule has 1 aromatic heterocycles. The summed E-state index contributed by atoms with van der Waals surface area (Å²) in [6, 6.07) is 0. The van der Waals surface area contributed by atoms with E-state index in [1.807, 2.05) is 0 Å². The minimum Gasteiger partial charge on any atom is -0.302 e. The summed E-state index contributed by atoms with van der Waals surface area (Å²) in [5.74, 6) is 0.256. The molecule has 1 heterocycles. The molecule has 3 nitrogen and oxygen atoms in total. The van der Waals surface area contributed by atoms with E-state index in [2.05, 4.69) is 10.3 Å². The predicted octanol–water partition coefficient (Wildman–Crippen LogP) is 1.71. The second-order valence-electron chi connectivity index (χ2n) is 1.82. The van der Waals surface area contributed by atoms with Crippen LogP contribution in [0.2, 0.25) is 0 Å². The molecule has 1 N–H and O–H groups in total. The molecule has 11 heavy (non-hydrogen) atoms. The van der Waals surface area contributed by atoms with Gasteiger partial charge in [-0.15, -0.1) is 22.9 Å². The Hall–Kier alpha value is -0.610. The van der Waals surface area contributed by atoms with Gasteiger partial charge in [0.1, 0.15) is 0 Å². The number of nitrogens with one attached hydrogen (secondary N) is 1. The van der Waals surface area contributed by atoms with Gasteiger partial charge in [0.15, 0.2) is 5.13 Å². The van der Waals surface area contributed by atoms with Gasteiger partial charge in [0.2, 0.25) is 5.91 Å². The number of halogens is 1. The first kappa shape index (κ1) is 8.49. The molecule has 0 aromatic carbocycles. The van der Waals surface area contributed by atoms with Gasteiger partial charge in [-0.1, -0.05) is 0 Å². The maximum absolute atomic E-state index is 10.9. The van der Waals surface area contributed by atoms with Crippen LogP contribution in [0.25, 0.3) is 0 Å². The van der Waals surface area contributed by atoms with Gasteiger partial charge in [-0.3, -0.25) is 4.79 Å². The lowest BCUT2D eigenvalue weighted by molar-refractivity contribution is -0.115. The van der Waals surface area contributed by atoms with Crippen LogP contribution >= 0.6 is 22.9 Å². The van der Waals surface area contributed by atoms with Crippen molar-refractivity contribution in [2.24, 2.45) is 0 Å². The summed E-state index contributed by atoms with van der Waals surface area (Å²) in [6.45, 7) is 0. The first-order chi connectivity index (χ1) is 5.33. The van der Waals surface area contributed by atoms with Gasteiger partial charge in [0.25, 0.3) is 0 Å². The number of nitrogens with zero attached hydrogens (tertiary/aromatic N) is 1. The highest BCUT2D eigenvalue weighted by atomic mass is 35.5. The summed E-state index contributed by atoms with van der Waals surface area (Å²) in [5.41, 5.74) is 0. The van der Waals surface area contributed by atoms with Gasteiger partial charge in [-0.05, 0) is 0 Å². The maximum atomic E-state index is 10.9. The van der Waals surface area contributed by atoms with Gasteiger partial charge in [0.05, 0.1) is 0 Å². The van der Waals surface area contributed by atoms with Gasteiger partial charge in [-0.25, -0.2) is 4.98 Å². The summed E-state index contributed by atoms with van der Waals surface area (Å²) in [5, 5.41) is 5.03. The zero-order chi connectivity index (χ0) is 8.10. The SMILES string of the molecule is O=C(CCCl)Nc1nccs1. The fourth-order valence-electron chi connectivity index (χ4n) is 0.553. The van der Waals surface area contributed by atoms with Crippen LogP contribution in [0, 0.1) is 0 Å².